The summed E-state index contributed by atoms with van der Waals surface area (Å²) in [7, 11) is 0. The first kappa shape index (κ1) is 18.4. The van der Waals surface area contributed by atoms with E-state index in [0.717, 1.165) is 5.69 Å². The number of amides is 1. The van der Waals surface area contributed by atoms with E-state index in [1.807, 2.05) is 30.3 Å². The molecule has 144 valence electrons. The molecule has 11 heteroatoms. The highest BCUT2D eigenvalue weighted by atomic mass is 32.2. The summed E-state index contributed by atoms with van der Waals surface area (Å²) >= 11 is 2.54. The fourth-order valence-electron chi connectivity index (χ4n) is 2.31. The molecular formula is C17H12F2N4O3S2. The topological polar surface area (TPSA) is 85.4 Å². The number of alkyl halides is 2. The highest BCUT2D eigenvalue weighted by molar-refractivity contribution is 8.01. The molecule has 0 saturated heterocycles. The van der Waals surface area contributed by atoms with Crippen molar-refractivity contribution in [2.45, 2.75) is 10.6 Å². The van der Waals surface area contributed by atoms with Gasteiger partial charge in [0.15, 0.2) is 15.8 Å². The van der Waals surface area contributed by atoms with Crippen LogP contribution in [0, 0.1) is 0 Å². The van der Waals surface area contributed by atoms with Crippen LogP contribution in [0.4, 0.5) is 25.3 Å². The first-order chi connectivity index (χ1) is 13.5. The summed E-state index contributed by atoms with van der Waals surface area (Å²) in [4.78, 5) is 12.1. The van der Waals surface area contributed by atoms with E-state index in [-0.39, 0.29) is 23.2 Å². The molecule has 0 spiro atoms. The molecule has 0 aliphatic carbocycles. The SMILES string of the molecule is O=C(CSc1nnc(Nc2ccccc2)s1)Nc1ccc2c(c1)OC(F)(F)O2. The van der Waals surface area contributed by atoms with Crippen molar-refractivity contribution in [1.82, 2.24) is 10.2 Å². The molecule has 0 fully saturated rings. The molecule has 3 aromatic rings. The molecule has 2 N–H and O–H groups in total. The molecule has 7 nitrogen and oxygen atoms in total. The molecule has 1 amide bonds. The second-order valence-electron chi connectivity index (χ2n) is 5.53. The van der Waals surface area contributed by atoms with Crippen molar-refractivity contribution >= 4 is 45.5 Å². The molecule has 0 radical (unpaired) electrons. The molecular weight excluding hydrogens is 410 g/mol. The van der Waals surface area contributed by atoms with E-state index >= 15 is 0 Å². The molecule has 0 atom stereocenters. The van der Waals surface area contributed by atoms with Gasteiger partial charge in [-0.05, 0) is 24.3 Å². The largest absolute Gasteiger partial charge is 0.586 e. The normalized spacial score (nSPS) is 13.9. The van der Waals surface area contributed by atoms with E-state index in [2.05, 4.69) is 30.3 Å². The van der Waals surface area contributed by atoms with E-state index in [0.29, 0.717) is 15.2 Å². The van der Waals surface area contributed by atoms with Crippen molar-refractivity contribution in [2.75, 3.05) is 16.4 Å². The average molecular weight is 422 g/mol. The lowest BCUT2D eigenvalue weighted by Gasteiger charge is -2.05. The number of hydrogen-bond donors (Lipinski definition) is 2. The molecule has 2 aromatic carbocycles. The lowest BCUT2D eigenvalue weighted by molar-refractivity contribution is -0.286. The van der Waals surface area contributed by atoms with Crippen LogP contribution in [0.2, 0.25) is 0 Å². The molecule has 1 aliphatic heterocycles. The zero-order chi connectivity index (χ0) is 19.6. The van der Waals surface area contributed by atoms with Gasteiger partial charge >= 0.3 is 6.29 Å². The van der Waals surface area contributed by atoms with E-state index in [1.165, 1.54) is 41.3 Å². The molecule has 0 unspecified atom stereocenters. The van der Waals surface area contributed by atoms with Crippen LogP contribution < -0.4 is 20.1 Å². The zero-order valence-electron chi connectivity index (χ0n) is 14.0. The van der Waals surface area contributed by atoms with Crippen molar-refractivity contribution in [3.8, 4) is 11.5 Å². The van der Waals surface area contributed by atoms with Crippen LogP contribution >= 0.6 is 23.1 Å². The Balaban J connectivity index is 1.30. The van der Waals surface area contributed by atoms with Gasteiger partial charge in [0.1, 0.15) is 0 Å². The van der Waals surface area contributed by atoms with E-state index in [1.54, 1.807) is 0 Å². The van der Waals surface area contributed by atoms with Gasteiger partial charge in [-0.2, -0.15) is 0 Å². The molecule has 1 aromatic heterocycles. The Morgan fingerprint density at radius 1 is 1.07 bits per heavy atom. The first-order valence-corrected chi connectivity index (χ1v) is 9.75. The Morgan fingerprint density at radius 2 is 1.86 bits per heavy atom. The summed E-state index contributed by atoms with van der Waals surface area (Å²) in [6.45, 7) is 0. The quantitative estimate of drug-likeness (QED) is 0.572. The van der Waals surface area contributed by atoms with Gasteiger partial charge in [0, 0.05) is 17.4 Å². The summed E-state index contributed by atoms with van der Waals surface area (Å²) < 4.78 is 35.4. The summed E-state index contributed by atoms with van der Waals surface area (Å²) in [6, 6.07) is 13.6. The molecule has 0 saturated carbocycles. The third-order valence-corrected chi connectivity index (χ3v) is 5.42. The van der Waals surface area contributed by atoms with E-state index in [4.69, 9.17) is 0 Å². The maximum atomic E-state index is 13.0. The van der Waals surface area contributed by atoms with Gasteiger partial charge in [-0.1, -0.05) is 41.3 Å². The van der Waals surface area contributed by atoms with Gasteiger partial charge in [0.25, 0.3) is 0 Å². The first-order valence-electron chi connectivity index (χ1n) is 7.95. The van der Waals surface area contributed by atoms with Gasteiger partial charge in [0.05, 0.1) is 5.75 Å². The Kier molecular flexibility index (Phi) is 5.01. The molecule has 4 rings (SSSR count). The van der Waals surface area contributed by atoms with Crippen molar-refractivity contribution in [3.05, 3.63) is 48.5 Å². The number of ether oxygens (including phenoxy) is 2. The number of hydrogen-bond acceptors (Lipinski definition) is 8. The minimum atomic E-state index is -3.69. The van der Waals surface area contributed by atoms with Crippen molar-refractivity contribution in [1.29, 1.82) is 0 Å². The predicted molar refractivity (Wildman–Crippen MR) is 102 cm³/mol. The van der Waals surface area contributed by atoms with Gasteiger partial charge in [0.2, 0.25) is 11.0 Å². The molecule has 28 heavy (non-hydrogen) atoms. The van der Waals surface area contributed by atoms with Crippen LogP contribution in [-0.2, 0) is 4.79 Å². The summed E-state index contributed by atoms with van der Waals surface area (Å²) in [5.41, 5.74) is 1.22. The number of benzene rings is 2. The molecule has 2 heterocycles. The number of halogens is 2. The second-order valence-corrected chi connectivity index (χ2v) is 7.73. The van der Waals surface area contributed by atoms with Gasteiger partial charge in [-0.25, -0.2) is 0 Å². The number of carbonyl (C=O) groups is 1. The third kappa shape index (κ3) is 4.49. The smallest absolute Gasteiger partial charge is 0.395 e. The second kappa shape index (κ2) is 7.60. The zero-order valence-corrected chi connectivity index (χ0v) is 15.7. The highest BCUT2D eigenvalue weighted by Gasteiger charge is 2.43. The Bertz CT molecular complexity index is 1000. The predicted octanol–water partition coefficient (Wildman–Crippen LogP) is 4.33. The lowest BCUT2D eigenvalue weighted by atomic mass is 10.3. The van der Waals surface area contributed by atoms with Crippen LogP contribution in [-0.4, -0.2) is 28.2 Å². The van der Waals surface area contributed by atoms with Gasteiger partial charge < -0.3 is 20.1 Å². The lowest BCUT2D eigenvalue weighted by Crippen LogP contribution is -2.25. The number of nitrogens with zero attached hydrogens (tertiary/aromatic N) is 2. The Hall–Kier alpha value is -2.92. The fourth-order valence-corrected chi connectivity index (χ4v) is 3.89. The number of fused-ring (bicyclic) bond motifs is 1. The molecule has 1 aliphatic rings. The van der Waals surface area contributed by atoms with Crippen LogP contribution in [0.25, 0.3) is 0 Å². The standard InChI is InChI=1S/C17H12F2N4O3S2/c18-17(19)25-12-7-6-11(8-13(12)26-17)20-14(24)9-27-16-23-22-15(28-16)21-10-4-2-1-3-5-10/h1-8H,9H2,(H,20,24)(H,21,22). The van der Waals surface area contributed by atoms with E-state index < -0.39 is 6.29 Å². The number of anilines is 3. The van der Waals surface area contributed by atoms with Crippen LogP contribution in [0.15, 0.2) is 52.9 Å². The number of thioether (sulfide) groups is 1. The summed E-state index contributed by atoms with van der Waals surface area (Å²) in [6.07, 6.45) is -3.69. The maximum absolute atomic E-state index is 13.0. The highest BCUT2D eigenvalue weighted by Crippen LogP contribution is 2.42. The molecule has 0 bridgehead atoms. The average Bonchev–Trinajstić information content (AvgIpc) is 3.22. The van der Waals surface area contributed by atoms with Crippen molar-refractivity contribution in [2.24, 2.45) is 0 Å². The minimum absolute atomic E-state index is 0.0790. The number of aromatic nitrogens is 2. The van der Waals surface area contributed by atoms with Crippen LogP contribution in [0.5, 0.6) is 11.5 Å². The number of rotatable bonds is 6. The van der Waals surface area contributed by atoms with Crippen molar-refractivity contribution in [3.63, 3.8) is 0 Å². The Labute approximate surface area is 166 Å². The number of para-hydroxylation sites is 1. The van der Waals surface area contributed by atoms with Crippen LogP contribution in [0.3, 0.4) is 0 Å². The Morgan fingerprint density at radius 3 is 2.68 bits per heavy atom. The van der Waals surface area contributed by atoms with Crippen molar-refractivity contribution < 1.29 is 23.0 Å². The monoisotopic (exact) mass is 422 g/mol. The number of nitrogens with one attached hydrogen (secondary N) is 2. The maximum Gasteiger partial charge on any atom is 0.586 e. The minimum Gasteiger partial charge on any atom is -0.395 e. The van der Waals surface area contributed by atoms with Crippen LogP contribution in [0.1, 0.15) is 0 Å². The van der Waals surface area contributed by atoms with Gasteiger partial charge in [-0.15, -0.1) is 19.0 Å². The van der Waals surface area contributed by atoms with E-state index in [9.17, 15) is 13.6 Å². The fraction of sp³-hybridized carbons (Fsp3) is 0.118. The van der Waals surface area contributed by atoms with Gasteiger partial charge in [-0.3, -0.25) is 4.79 Å². The third-order valence-electron chi connectivity index (χ3n) is 3.44. The number of carbonyl (C=O) groups excluding carboxylic acids is 1. The summed E-state index contributed by atoms with van der Waals surface area (Å²) in [5, 5.41) is 14.4. The summed E-state index contributed by atoms with van der Waals surface area (Å²) in [5.74, 6) is -0.436.